The molecule has 5 heteroatoms. The van der Waals surface area contributed by atoms with E-state index in [9.17, 15) is 18.3 Å². The molecule has 1 aliphatic carbocycles. The van der Waals surface area contributed by atoms with Gasteiger partial charge in [-0.1, -0.05) is 31.4 Å². The van der Waals surface area contributed by atoms with Crippen LogP contribution in [0.5, 0.6) is 0 Å². The minimum Gasteiger partial charge on any atom is -0.388 e. The van der Waals surface area contributed by atoms with Crippen LogP contribution in [0.2, 0.25) is 0 Å². The molecule has 1 saturated carbocycles. The summed E-state index contributed by atoms with van der Waals surface area (Å²) in [5.74, 6) is 0.464. The molecule has 1 N–H and O–H groups in total. The Balaban J connectivity index is 1.93. The molecular weight excluding hydrogens is 285 g/mol. The zero-order valence-corrected chi connectivity index (χ0v) is 12.0. The summed E-state index contributed by atoms with van der Waals surface area (Å²) in [6, 6.07) is 4.99. The average Bonchev–Trinajstić information content (AvgIpc) is 2.45. The van der Waals surface area contributed by atoms with Crippen molar-refractivity contribution in [2.24, 2.45) is 0 Å². The Morgan fingerprint density at radius 3 is 2.55 bits per heavy atom. The topological polar surface area (TPSA) is 20.2 Å². The second kappa shape index (κ2) is 6.85. The van der Waals surface area contributed by atoms with Crippen molar-refractivity contribution in [1.82, 2.24) is 0 Å². The number of aliphatic hydroxyl groups is 1. The van der Waals surface area contributed by atoms with Crippen LogP contribution in [-0.4, -0.2) is 16.1 Å². The van der Waals surface area contributed by atoms with Crippen LogP contribution >= 0.6 is 11.8 Å². The van der Waals surface area contributed by atoms with Crippen molar-refractivity contribution in [1.29, 1.82) is 0 Å². The van der Waals surface area contributed by atoms with Crippen molar-refractivity contribution >= 4 is 11.8 Å². The molecule has 1 atom stereocenters. The molecule has 1 nitrogen and oxygen atoms in total. The largest absolute Gasteiger partial charge is 0.416 e. The van der Waals surface area contributed by atoms with Gasteiger partial charge >= 0.3 is 6.18 Å². The minimum absolute atomic E-state index is 0.350. The van der Waals surface area contributed by atoms with Crippen LogP contribution in [0.1, 0.15) is 49.3 Å². The summed E-state index contributed by atoms with van der Waals surface area (Å²) in [4.78, 5) is 0. The van der Waals surface area contributed by atoms with Gasteiger partial charge in [0.05, 0.1) is 11.7 Å². The maximum atomic E-state index is 12.6. The zero-order valence-electron chi connectivity index (χ0n) is 11.2. The second-order valence-electron chi connectivity index (χ2n) is 5.23. The number of alkyl halides is 3. The minimum atomic E-state index is -4.35. The van der Waals surface area contributed by atoms with E-state index in [1.165, 1.54) is 25.3 Å². The van der Waals surface area contributed by atoms with Crippen molar-refractivity contribution in [2.45, 2.75) is 49.6 Å². The second-order valence-corrected chi connectivity index (χ2v) is 6.57. The Morgan fingerprint density at radius 1 is 1.20 bits per heavy atom. The summed E-state index contributed by atoms with van der Waals surface area (Å²) in [6.45, 7) is 0. The van der Waals surface area contributed by atoms with Crippen molar-refractivity contribution in [2.75, 3.05) is 5.75 Å². The smallest absolute Gasteiger partial charge is 0.388 e. The molecule has 0 aliphatic heterocycles. The normalized spacial score (nSPS) is 19.0. The van der Waals surface area contributed by atoms with Crippen molar-refractivity contribution in [3.05, 3.63) is 35.4 Å². The summed E-state index contributed by atoms with van der Waals surface area (Å²) in [5, 5.41) is 10.6. The van der Waals surface area contributed by atoms with Crippen LogP contribution in [0.15, 0.2) is 24.3 Å². The number of thioether (sulfide) groups is 1. The fourth-order valence-corrected chi connectivity index (χ4v) is 3.79. The highest BCUT2D eigenvalue weighted by Crippen LogP contribution is 2.33. The monoisotopic (exact) mass is 304 g/mol. The molecule has 0 amide bonds. The lowest BCUT2D eigenvalue weighted by Crippen LogP contribution is -2.12. The molecule has 0 radical (unpaired) electrons. The molecule has 112 valence electrons. The van der Waals surface area contributed by atoms with Gasteiger partial charge in [0.1, 0.15) is 0 Å². The number of rotatable bonds is 4. The molecule has 2 rings (SSSR count). The van der Waals surface area contributed by atoms with E-state index in [2.05, 4.69) is 0 Å². The molecule has 0 aromatic heterocycles. The third-order valence-corrected chi connectivity index (χ3v) is 5.09. The Labute approximate surface area is 121 Å². The third kappa shape index (κ3) is 4.42. The van der Waals surface area contributed by atoms with E-state index < -0.39 is 17.8 Å². The Bertz CT molecular complexity index is 427. The van der Waals surface area contributed by atoms with Crippen molar-refractivity contribution in [3.8, 4) is 0 Å². The summed E-state index contributed by atoms with van der Waals surface area (Å²) in [7, 11) is 0. The number of benzene rings is 1. The first-order valence-electron chi connectivity index (χ1n) is 6.93. The predicted molar refractivity (Wildman–Crippen MR) is 75.7 cm³/mol. The molecule has 1 unspecified atom stereocenters. The van der Waals surface area contributed by atoms with Gasteiger partial charge in [0.2, 0.25) is 0 Å². The number of hydrogen-bond donors (Lipinski definition) is 1. The van der Waals surface area contributed by atoms with E-state index >= 15 is 0 Å². The highest BCUT2D eigenvalue weighted by Gasteiger charge is 2.30. The number of hydrogen-bond acceptors (Lipinski definition) is 2. The first-order chi connectivity index (χ1) is 9.47. The highest BCUT2D eigenvalue weighted by molar-refractivity contribution is 7.99. The van der Waals surface area contributed by atoms with Gasteiger partial charge in [-0.25, -0.2) is 0 Å². The first-order valence-corrected chi connectivity index (χ1v) is 7.98. The lowest BCUT2D eigenvalue weighted by atomic mass is 10.0. The van der Waals surface area contributed by atoms with Crippen LogP contribution in [0, 0.1) is 0 Å². The fraction of sp³-hybridized carbons (Fsp3) is 0.600. The first kappa shape index (κ1) is 15.7. The van der Waals surface area contributed by atoms with Crippen LogP contribution in [0.25, 0.3) is 0 Å². The molecule has 0 saturated heterocycles. The molecular formula is C15H19F3OS. The van der Waals surface area contributed by atoms with E-state index in [1.807, 2.05) is 0 Å². The Morgan fingerprint density at radius 2 is 1.90 bits per heavy atom. The molecule has 0 spiro atoms. The average molecular weight is 304 g/mol. The molecule has 20 heavy (non-hydrogen) atoms. The van der Waals surface area contributed by atoms with Crippen molar-refractivity contribution in [3.63, 3.8) is 0 Å². The van der Waals surface area contributed by atoms with Crippen molar-refractivity contribution < 1.29 is 18.3 Å². The Hall–Kier alpha value is -0.680. The number of aliphatic hydroxyl groups excluding tert-OH is 1. The summed E-state index contributed by atoms with van der Waals surface area (Å²) >= 11 is 1.68. The summed E-state index contributed by atoms with van der Waals surface area (Å²) < 4.78 is 37.9. The summed E-state index contributed by atoms with van der Waals surface area (Å²) in [5.41, 5.74) is -0.347. The van der Waals surface area contributed by atoms with Gasteiger partial charge in [0, 0.05) is 11.0 Å². The zero-order chi connectivity index (χ0) is 14.6. The molecule has 1 aromatic carbocycles. The van der Waals surface area contributed by atoms with Gasteiger partial charge in [0.15, 0.2) is 0 Å². The third-order valence-electron chi connectivity index (χ3n) is 3.64. The molecule has 1 aromatic rings. The molecule has 1 fully saturated rings. The lowest BCUT2D eigenvalue weighted by Gasteiger charge is -2.22. The SMILES string of the molecule is OC(CSC1CCCCC1)c1cccc(C(F)(F)F)c1. The highest BCUT2D eigenvalue weighted by atomic mass is 32.2. The van der Waals surface area contributed by atoms with Gasteiger partial charge in [0.25, 0.3) is 0 Å². The quantitative estimate of drug-likeness (QED) is 0.862. The van der Waals surface area contributed by atoms with Crippen LogP contribution in [0.4, 0.5) is 13.2 Å². The maximum absolute atomic E-state index is 12.6. The lowest BCUT2D eigenvalue weighted by molar-refractivity contribution is -0.137. The van der Waals surface area contributed by atoms with E-state index in [4.69, 9.17) is 0 Å². The van der Waals surface area contributed by atoms with Gasteiger partial charge in [-0.2, -0.15) is 24.9 Å². The van der Waals surface area contributed by atoms with E-state index in [1.54, 1.807) is 17.8 Å². The molecule has 1 aliphatic rings. The van der Waals surface area contributed by atoms with E-state index in [-0.39, 0.29) is 0 Å². The molecule has 0 bridgehead atoms. The maximum Gasteiger partial charge on any atom is 0.416 e. The van der Waals surface area contributed by atoms with Gasteiger partial charge in [-0.3, -0.25) is 0 Å². The Kier molecular flexibility index (Phi) is 5.38. The summed E-state index contributed by atoms with van der Waals surface area (Å²) in [6.07, 6.45) is 0.831. The predicted octanol–water partition coefficient (Wildman–Crippen LogP) is 4.80. The van der Waals surface area contributed by atoms with Gasteiger partial charge in [-0.15, -0.1) is 0 Å². The fourth-order valence-electron chi connectivity index (χ4n) is 2.48. The van der Waals surface area contributed by atoms with Crippen LogP contribution < -0.4 is 0 Å². The van der Waals surface area contributed by atoms with Gasteiger partial charge < -0.3 is 5.11 Å². The standard InChI is InChI=1S/C15H19F3OS/c16-15(17,18)12-6-4-5-11(9-12)14(19)10-20-13-7-2-1-3-8-13/h4-6,9,13-14,19H,1-3,7-8,10H2. The van der Waals surface area contributed by atoms with Gasteiger partial charge in [-0.05, 0) is 30.5 Å². The molecule has 0 heterocycles. The van der Waals surface area contributed by atoms with E-state index in [0.29, 0.717) is 16.6 Å². The van der Waals surface area contributed by atoms with Crippen LogP contribution in [0.3, 0.4) is 0 Å². The van der Waals surface area contributed by atoms with Crippen LogP contribution in [-0.2, 0) is 6.18 Å². The van der Waals surface area contributed by atoms with E-state index in [0.717, 1.165) is 25.0 Å². The number of halogens is 3.